The summed E-state index contributed by atoms with van der Waals surface area (Å²) in [4.78, 5) is 23.6. The number of anilines is 2. The van der Waals surface area contributed by atoms with Gasteiger partial charge in [-0.05, 0) is 75.5 Å². The van der Waals surface area contributed by atoms with Crippen LogP contribution in [0.5, 0.6) is 11.6 Å². The number of hydrogen-bond donors (Lipinski definition) is 0. The standard InChI is InChI=1S/C27H36N4O4/c1-33-25-10-7-23(19-28-25)31-21-27(35-20-26(31)32)11-16-30(17-12-27)22-5-8-24(9-6-22)34-18-4-15-29-13-2-3-14-29/h5-10,19H,2-4,11-18,20-21H2,1H3. The normalized spacial score (nSPS) is 20.4. The predicted molar refractivity (Wildman–Crippen MR) is 135 cm³/mol. The Bertz CT molecular complexity index is 968. The molecule has 3 saturated heterocycles. The van der Waals surface area contributed by atoms with E-state index in [1.165, 1.54) is 31.6 Å². The number of rotatable bonds is 8. The lowest BCUT2D eigenvalue weighted by atomic mass is 9.88. The third-order valence-electron chi connectivity index (χ3n) is 7.45. The van der Waals surface area contributed by atoms with E-state index in [1.807, 2.05) is 11.0 Å². The lowest BCUT2D eigenvalue weighted by Crippen LogP contribution is -2.59. The van der Waals surface area contributed by atoms with E-state index in [4.69, 9.17) is 14.2 Å². The molecule has 2 aromatic rings. The average Bonchev–Trinajstić information content (AvgIpc) is 3.43. The smallest absolute Gasteiger partial charge is 0.253 e. The molecule has 1 aromatic heterocycles. The first-order chi connectivity index (χ1) is 17.1. The SMILES string of the molecule is COc1ccc(N2CC3(CCN(c4ccc(OCCCN5CCCC5)cc4)CC3)OCC2=O)cn1. The average molecular weight is 481 g/mol. The van der Waals surface area contributed by atoms with Crippen LogP contribution in [-0.4, -0.2) is 81.0 Å². The Morgan fingerprint density at radius 2 is 1.74 bits per heavy atom. The van der Waals surface area contributed by atoms with E-state index in [1.54, 1.807) is 19.4 Å². The van der Waals surface area contributed by atoms with Crippen molar-refractivity contribution in [3.05, 3.63) is 42.6 Å². The summed E-state index contributed by atoms with van der Waals surface area (Å²) in [5, 5.41) is 0. The Labute approximate surface area is 207 Å². The van der Waals surface area contributed by atoms with Crippen molar-refractivity contribution in [2.75, 3.05) is 69.4 Å². The second-order valence-electron chi connectivity index (χ2n) is 9.74. The summed E-state index contributed by atoms with van der Waals surface area (Å²) in [6.45, 7) is 6.81. The van der Waals surface area contributed by atoms with Crippen LogP contribution in [0.4, 0.5) is 11.4 Å². The van der Waals surface area contributed by atoms with Gasteiger partial charge < -0.3 is 28.9 Å². The van der Waals surface area contributed by atoms with Gasteiger partial charge in [0.1, 0.15) is 12.4 Å². The first kappa shape index (κ1) is 23.9. The van der Waals surface area contributed by atoms with Gasteiger partial charge in [-0.15, -0.1) is 0 Å². The number of pyridine rings is 1. The first-order valence-corrected chi connectivity index (χ1v) is 12.8. The number of nitrogens with zero attached hydrogens (tertiary/aromatic N) is 4. The van der Waals surface area contributed by atoms with Crippen LogP contribution in [0.1, 0.15) is 32.1 Å². The fourth-order valence-electron chi connectivity index (χ4n) is 5.32. The molecule has 3 aliphatic rings. The molecule has 0 radical (unpaired) electrons. The highest BCUT2D eigenvalue weighted by molar-refractivity contribution is 5.95. The molecule has 0 bridgehead atoms. The number of amides is 1. The number of aromatic nitrogens is 1. The predicted octanol–water partition coefficient (Wildman–Crippen LogP) is 3.36. The number of methoxy groups -OCH3 is 1. The monoisotopic (exact) mass is 480 g/mol. The lowest BCUT2D eigenvalue weighted by Gasteiger charge is -2.47. The van der Waals surface area contributed by atoms with Crippen LogP contribution in [-0.2, 0) is 9.53 Å². The second kappa shape index (κ2) is 10.8. The Kier molecular flexibility index (Phi) is 7.39. The maximum atomic E-state index is 12.6. The summed E-state index contributed by atoms with van der Waals surface area (Å²) in [5.74, 6) is 1.44. The third kappa shape index (κ3) is 5.70. The van der Waals surface area contributed by atoms with E-state index in [0.29, 0.717) is 12.4 Å². The van der Waals surface area contributed by atoms with E-state index in [-0.39, 0.29) is 18.1 Å². The molecule has 3 fully saturated rings. The minimum atomic E-state index is -0.317. The highest BCUT2D eigenvalue weighted by Gasteiger charge is 2.42. The minimum absolute atomic E-state index is 0.0268. The summed E-state index contributed by atoms with van der Waals surface area (Å²) in [6, 6.07) is 12.1. The summed E-state index contributed by atoms with van der Waals surface area (Å²) in [5.41, 5.74) is 1.67. The van der Waals surface area contributed by atoms with Crippen molar-refractivity contribution in [3.8, 4) is 11.6 Å². The number of likely N-dealkylation sites (tertiary alicyclic amines) is 1. The zero-order valence-electron chi connectivity index (χ0n) is 20.7. The number of benzene rings is 1. The van der Waals surface area contributed by atoms with Gasteiger partial charge in [0, 0.05) is 31.4 Å². The quantitative estimate of drug-likeness (QED) is 0.537. The van der Waals surface area contributed by atoms with Gasteiger partial charge in [-0.1, -0.05) is 0 Å². The molecule has 0 unspecified atom stereocenters. The highest BCUT2D eigenvalue weighted by Crippen LogP contribution is 2.34. The molecule has 0 saturated carbocycles. The van der Waals surface area contributed by atoms with Crippen LogP contribution < -0.4 is 19.3 Å². The number of morpholine rings is 1. The molecule has 5 rings (SSSR count). The van der Waals surface area contributed by atoms with Crippen molar-refractivity contribution in [3.63, 3.8) is 0 Å². The van der Waals surface area contributed by atoms with Gasteiger partial charge >= 0.3 is 0 Å². The van der Waals surface area contributed by atoms with Crippen molar-refractivity contribution < 1.29 is 19.0 Å². The number of carbonyl (C=O) groups excluding carboxylic acids is 1. The summed E-state index contributed by atoms with van der Waals surface area (Å²) >= 11 is 0. The van der Waals surface area contributed by atoms with E-state index in [9.17, 15) is 4.79 Å². The summed E-state index contributed by atoms with van der Waals surface area (Å²) in [7, 11) is 1.59. The van der Waals surface area contributed by atoms with Gasteiger partial charge in [-0.25, -0.2) is 4.98 Å². The molecule has 1 amide bonds. The Morgan fingerprint density at radius 3 is 2.43 bits per heavy atom. The largest absolute Gasteiger partial charge is 0.494 e. The van der Waals surface area contributed by atoms with Gasteiger partial charge in [-0.3, -0.25) is 4.79 Å². The molecule has 0 atom stereocenters. The van der Waals surface area contributed by atoms with Crippen LogP contribution in [0.15, 0.2) is 42.6 Å². The Morgan fingerprint density at radius 1 is 1.00 bits per heavy atom. The molecule has 0 N–H and O–H groups in total. The summed E-state index contributed by atoms with van der Waals surface area (Å²) in [6.07, 6.45) is 7.18. The van der Waals surface area contributed by atoms with Gasteiger partial charge in [0.15, 0.2) is 0 Å². The van der Waals surface area contributed by atoms with Crippen molar-refractivity contribution >= 4 is 17.3 Å². The first-order valence-electron chi connectivity index (χ1n) is 12.8. The van der Waals surface area contributed by atoms with Crippen LogP contribution in [0.25, 0.3) is 0 Å². The molecule has 4 heterocycles. The van der Waals surface area contributed by atoms with Gasteiger partial charge in [0.2, 0.25) is 5.88 Å². The molecule has 0 aliphatic carbocycles. The van der Waals surface area contributed by atoms with Crippen LogP contribution in [0.3, 0.4) is 0 Å². The Hall–Kier alpha value is -2.84. The van der Waals surface area contributed by atoms with Crippen molar-refractivity contribution in [2.45, 2.75) is 37.7 Å². The van der Waals surface area contributed by atoms with E-state index in [2.05, 4.69) is 39.0 Å². The number of piperidine rings is 1. The van der Waals surface area contributed by atoms with Crippen LogP contribution >= 0.6 is 0 Å². The zero-order valence-corrected chi connectivity index (χ0v) is 20.7. The second-order valence-corrected chi connectivity index (χ2v) is 9.74. The molecular formula is C27H36N4O4. The van der Waals surface area contributed by atoms with Crippen molar-refractivity contribution in [2.24, 2.45) is 0 Å². The topological polar surface area (TPSA) is 67.4 Å². The minimum Gasteiger partial charge on any atom is -0.494 e. The van der Waals surface area contributed by atoms with Crippen molar-refractivity contribution in [1.82, 2.24) is 9.88 Å². The number of hydrogen-bond acceptors (Lipinski definition) is 7. The van der Waals surface area contributed by atoms with Crippen molar-refractivity contribution in [1.29, 1.82) is 0 Å². The zero-order chi connectivity index (χ0) is 24.1. The summed E-state index contributed by atoms with van der Waals surface area (Å²) < 4.78 is 17.2. The van der Waals surface area contributed by atoms with E-state index < -0.39 is 0 Å². The molecule has 8 nitrogen and oxygen atoms in total. The fraction of sp³-hybridized carbons (Fsp3) is 0.556. The Balaban J connectivity index is 1.12. The highest BCUT2D eigenvalue weighted by atomic mass is 16.5. The molecule has 1 spiro atoms. The maximum Gasteiger partial charge on any atom is 0.253 e. The fourth-order valence-corrected chi connectivity index (χ4v) is 5.32. The molecule has 188 valence electrons. The molecule has 3 aliphatic heterocycles. The van der Waals surface area contributed by atoms with E-state index in [0.717, 1.165) is 56.9 Å². The van der Waals surface area contributed by atoms with Crippen LogP contribution in [0.2, 0.25) is 0 Å². The van der Waals surface area contributed by atoms with Gasteiger partial charge in [-0.2, -0.15) is 0 Å². The molecular weight excluding hydrogens is 444 g/mol. The molecule has 8 heteroatoms. The lowest BCUT2D eigenvalue weighted by molar-refractivity contribution is -0.141. The van der Waals surface area contributed by atoms with Gasteiger partial charge in [0.05, 0.1) is 37.7 Å². The number of carbonyl (C=O) groups is 1. The van der Waals surface area contributed by atoms with Crippen LogP contribution in [0, 0.1) is 0 Å². The third-order valence-corrected chi connectivity index (χ3v) is 7.45. The number of ether oxygens (including phenoxy) is 3. The molecule has 1 aromatic carbocycles. The maximum absolute atomic E-state index is 12.6. The van der Waals surface area contributed by atoms with Gasteiger partial charge in [0.25, 0.3) is 5.91 Å². The molecule has 35 heavy (non-hydrogen) atoms. The van der Waals surface area contributed by atoms with E-state index >= 15 is 0 Å².